The van der Waals surface area contributed by atoms with Gasteiger partial charge in [-0.3, -0.25) is 9.59 Å². The van der Waals surface area contributed by atoms with Gasteiger partial charge in [0.2, 0.25) is 5.91 Å². The number of hydrogen-bond acceptors (Lipinski definition) is 2. The number of carboxylic acid groups (broad SMARTS) is 1. The summed E-state index contributed by atoms with van der Waals surface area (Å²) in [7, 11) is 0. The number of rotatable bonds is 4. The monoisotopic (exact) mass is 279 g/mol. The van der Waals surface area contributed by atoms with Crippen molar-refractivity contribution >= 4 is 11.9 Å². The Morgan fingerprint density at radius 2 is 2.20 bits per heavy atom. The summed E-state index contributed by atoms with van der Waals surface area (Å²) in [6.07, 6.45) is 1.09. The number of aliphatic carboxylic acids is 1. The van der Waals surface area contributed by atoms with Gasteiger partial charge in [0.15, 0.2) is 0 Å². The fraction of sp³-hybridized carbons (Fsp3) is 0.467. The molecule has 0 aliphatic carbocycles. The van der Waals surface area contributed by atoms with Gasteiger partial charge in [-0.1, -0.05) is 19.1 Å². The lowest BCUT2D eigenvalue weighted by Gasteiger charge is -2.23. The van der Waals surface area contributed by atoms with Crippen LogP contribution in [0.25, 0.3) is 0 Å². The summed E-state index contributed by atoms with van der Waals surface area (Å²) in [4.78, 5) is 25.1. The van der Waals surface area contributed by atoms with Gasteiger partial charge < -0.3 is 10.0 Å². The van der Waals surface area contributed by atoms with Crippen LogP contribution in [-0.2, 0) is 16.0 Å². The molecule has 1 amide bonds. The zero-order valence-corrected chi connectivity index (χ0v) is 11.4. The summed E-state index contributed by atoms with van der Waals surface area (Å²) >= 11 is 0. The predicted octanol–water partition coefficient (Wildman–Crippen LogP) is 2.08. The topological polar surface area (TPSA) is 57.6 Å². The van der Waals surface area contributed by atoms with E-state index in [-0.39, 0.29) is 24.7 Å². The normalized spacial score (nSPS) is 22.0. The molecule has 1 atom stereocenters. The van der Waals surface area contributed by atoms with Crippen LogP contribution in [0.4, 0.5) is 4.39 Å². The molecule has 20 heavy (non-hydrogen) atoms. The van der Waals surface area contributed by atoms with E-state index in [1.54, 1.807) is 17.0 Å². The van der Waals surface area contributed by atoms with E-state index < -0.39 is 11.4 Å². The SMILES string of the molecule is CCC1(C(=O)O)CCN(C(=O)Cc2cccc(F)c2)C1. The van der Waals surface area contributed by atoms with Crippen LogP contribution in [0.5, 0.6) is 0 Å². The average Bonchev–Trinajstić information content (AvgIpc) is 2.84. The third kappa shape index (κ3) is 2.81. The minimum Gasteiger partial charge on any atom is -0.481 e. The maximum Gasteiger partial charge on any atom is 0.311 e. The Kier molecular flexibility index (Phi) is 4.06. The molecular formula is C15H18FNO3. The Balaban J connectivity index is 2.03. The van der Waals surface area contributed by atoms with E-state index in [1.165, 1.54) is 12.1 Å². The number of benzene rings is 1. The molecule has 1 aliphatic rings. The molecule has 0 aromatic heterocycles. The highest BCUT2D eigenvalue weighted by Crippen LogP contribution is 2.34. The fourth-order valence-electron chi connectivity index (χ4n) is 2.63. The second kappa shape index (κ2) is 5.61. The Morgan fingerprint density at radius 3 is 2.75 bits per heavy atom. The third-order valence-corrected chi connectivity index (χ3v) is 4.08. The lowest BCUT2D eigenvalue weighted by Crippen LogP contribution is -2.37. The molecule has 5 heteroatoms. The number of likely N-dealkylation sites (tertiary alicyclic amines) is 1. The van der Waals surface area contributed by atoms with E-state index in [0.29, 0.717) is 24.9 Å². The summed E-state index contributed by atoms with van der Waals surface area (Å²) in [5, 5.41) is 9.30. The van der Waals surface area contributed by atoms with Gasteiger partial charge >= 0.3 is 5.97 Å². The summed E-state index contributed by atoms with van der Waals surface area (Å²) in [6, 6.07) is 5.92. The van der Waals surface area contributed by atoms with Gasteiger partial charge in [-0.15, -0.1) is 0 Å². The molecule has 1 aliphatic heterocycles. The van der Waals surface area contributed by atoms with Crippen LogP contribution in [0.15, 0.2) is 24.3 Å². The van der Waals surface area contributed by atoms with Gasteiger partial charge in [-0.25, -0.2) is 4.39 Å². The zero-order chi connectivity index (χ0) is 14.8. The van der Waals surface area contributed by atoms with Gasteiger partial charge in [0.25, 0.3) is 0 Å². The number of hydrogen-bond donors (Lipinski definition) is 1. The molecule has 1 saturated heterocycles. The Morgan fingerprint density at radius 1 is 1.45 bits per heavy atom. The van der Waals surface area contributed by atoms with Crippen LogP contribution in [0, 0.1) is 11.2 Å². The lowest BCUT2D eigenvalue weighted by atomic mass is 9.84. The van der Waals surface area contributed by atoms with Crippen molar-refractivity contribution in [2.24, 2.45) is 5.41 Å². The summed E-state index contributed by atoms with van der Waals surface area (Å²) in [6.45, 7) is 2.52. The van der Waals surface area contributed by atoms with E-state index in [2.05, 4.69) is 0 Å². The first-order chi connectivity index (χ1) is 9.47. The van der Waals surface area contributed by atoms with Crippen LogP contribution in [0.1, 0.15) is 25.3 Å². The van der Waals surface area contributed by atoms with Crippen LogP contribution in [0.3, 0.4) is 0 Å². The summed E-state index contributed by atoms with van der Waals surface area (Å²) < 4.78 is 13.1. The smallest absolute Gasteiger partial charge is 0.311 e. The van der Waals surface area contributed by atoms with Gasteiger partial charge in [-0.2, -0.15) is 0 Å². The van der Waals surface area contributed by atoms with Crippen molar-refractivity contribution in [1.82, 2.24) is 4.90 Å². The van der Waals surface area contributed by atoms with Gasteiger partial charge in [-0.05, 0) is 30.5 Å². The van der Waals surface area contributed by atoms with Crippen molar-refractivity contribution in [2.45, 2.75) is 26.2 Å². The largest absolute Gasteiger partial charge is 0.481 e. The fourth-order valence-corrected chi connectivity index (χ4v) is 2.63. The highest BCUT2D eigenvalue weighted by atomic mass is 19.1. The van der Waals surface area contributed by atoms with E-state index in [4.69, 9.17) is 0 Å². The quantitative estimate of drug-likeness (QED) is 0.918. The first-order valence-electron chi connectivity index (χ1n) is 6.72. The molecule has 1 unspecified atom stereocenters. The molecule has 0 saturated carbocycles. The standard InChI is InChI=1S/C15H18FNO3/c1-2-15(14(19)20)6-7-17(10-15)13(18)9-11-4-3-5-12(16)8-11/h3-5,8H,2,6-7,9-10H2,1H3,(H,19,20). The molecule has 1 N–H and O–H groups in total. The number of carboxylic acids is 1. The number of halogens is 1. The minimum atomic E-state index is -0.846. The highest BCUT2D eigenvalue weighted by Gasteiger charge is 2.44. The molecule has 0 radical (unpaired) electrons. The van der Waals surface area contributed by atoms with E-state index in [9.17, 15) is 19.1 Å². The van der Waals surface area contributed by atoms with E-state index in [0.717, 1.165) is 0 Å². The second-order valence-electron chi connectivity index (χ2n) is 5.31. The van der Waals surface area contributed by atoms with Crippen LogP contribution in [-0.4, -0.2) is 35.0 Å². The van der Waals surface area contributed by atoms with E-state index >= 15 is 0 Å². The predicted molar refractivity (Wildman–Crippen MR) is 71.7 cm³/mol. The molecular weight excluding hydrogens is 261 g/mol. The zero-order valence-electron chi connectivity index (χ0n) is 11.4. The molecule has 1 aromatic rings. The van der Waals surface area contributed by atoms with Crippen molar-refractivity contribution in [2.75, 3.05) is 13.1 Å². The van der Waals surface area contributed by atoms with Gasteiger partial charge in [0.1, 0.15) is 5.82 Å². The second-order valence-corrected chi connectivity index (χ2v) is 5.31. The number of carbonyl (C=O) groups excluding carboxylic acids is 1. The first-order valence-corrected chi connectivity index (χ1v) is 6.72. The van der Waals surface area contributed by atoms with Crippen molar-refractivity contribution in [3.63, 3.8) is 0 Å². The van der Waals surface area contributed by atoms with Crippen molar-refractivity contribution < 1.29 is 19.1 Å². The Bertz CT molecular complexity index is 532. The van der Waals surface area contributed by atoms with Crippen molar-refractivity contribution in [3.8, 4) is 0 Å². The minimum absolute atomic E-state index is 0.108. The Hall–Kier alpha value is -1.91. The molecule has 2 rings (SSSR count). The van der Waals surface area contributed by atoms with Crippen LogP contribution < -0.4 is 0 Å². The average molecular weight is 279 g/mol. The molecule has 4 nitrogen and oxygen atoms in total. The Labute approximate surface area is 117 Å². The highest BCUT2D eigenvalue weighted by molar-refractivity contribution is 5.82. The molecule has 1 fully saturated rings. The number of nitrogens with zero attached hydrogens (tertiary/aromatic N) is 1. The first kappa shape index (κ1) is 14.5. The van der Waals surface area contributed by atoms with Crippen molar-refractivity contribution in [3.05, 3.63) is 35.6 Å². The van der Waals surface area contributed by atoms with Gasteiger partial charge in [0.05, 0.1) is 11.8 Å². The number of amides is 1. The summed E-state index contributed by atoms with van der Waals surface area (Å²) in [5.74, 6) is -1.36. The van der Waals surface area contributed by atoms with Crippen molar-refractivity contribution in [1.29, 1.82) is 0 Å². The van der Waals surface area contributed by atoms with Gasteiger partial charge in [0, 0.05) is 13.1 Å². The maximum atomic E-state index is 13.1. The van der Waals surface area contributed by atoms with E-state index in [1.807, 2.05) is 6.92 Å². The lowest BCUT2D eigenvalue weighted by molar-refractivity contribution is -0.148. The molecule has 0 spiro atoms. The molecule has 108 valence electrons. The third-order valence-electron chi connectivity index (χ3n) is 4.08. The molecule has 1 heterocycles. The molecule has 1 aromatic carbocycles. The number of carbonyl (C=O) groups is 2. The molecule has 0 bridgehead atoms. The maximum absolute atomic E-state index is 13.1. The van der Waals surface area contributed by atoms with Crippen LogP contribution in [0.2, 0.25) is 0 Å². The summed E-state index contributed by atoms with van der Waals surface area (Å²) in [5.41, 5.74) is -0.211. The van der Waals surface area contributed by atoms with Crippen LogP contribution >= 0.6 is 0 Å².